The summed E-state index contributed by atoms with van der Waals surface area (Å²) in [4.78, 5) is 34.5. The van der Waals surface area contributed by atoms with Gasteiger partial charge in [-0.15, -0.1) is 0 Å². The first-order valence-corrected chi connectivity index (χ1v) is 11.6. The SMILES string of the molecule is CC(OC(=O)c1ccc(Cl)c(S(=O)(=O)N2CCCC2)c1)C(=O)Nc1ccc(F)c([N+](=O)[O-])c1. The van der Waals surface area contributed by atoms with E-state index in [1.165, 1.54) is 23.4 Å². The van der Waals surface area contributed by atoms with Crippen molar-refractivity contribution in [3.05, 3.63) is 62.9 Å². The molecule has 1 atom stereocenters. The Bertz CT molecular complexity index is 1220. The largest absolute Gasteiger partial charge is 0.449 e. The second-order valence-corrected chi connectivity index (χ2v) is 9.53. The van der Waals surface area contributed by atoms with Gasteiger partial charge >= 0.3 is 11.7 Å². The molecule has 1 fully saturated rings. The number of ether oxygens (including phenoxy) is 1. The van der Waals surface area contributed by atoms with Crippen LogP contribution < -0.4 is 5.32 Å². The highest BCUT2D eigenvalue weighted by atomic mass is 35.5. The molecule has 2 aromatic rings. The summed E-state index contributed by atoms with van der Waals surface area (Å²) < 4.78 is 45.4. The molecule has 1 N–H and O–H groups in total. The van der Waals surface area contributed by atoms with E-state index in [9.17, 15) is 32.5 Å². The molecule has 2 aromatic carbocycles. The lowest BCUT2D eigenvalue weighted by Gasteiger charge is -2.17. The number of hydrogen-bond donors (Lipinski definition) is 1. The molecule has 176 valence electrons. The molecule has 33 heavy (non-hydrogen) atoms. The third kappa shape index (κ3) is 5.46. The fraction of sp³-hybridized carbons (Fsp3) is 0.300. The molecule has 0 spiro atoms. The number of hydrogen-bond acceptors (Lipinski definition) is 7. The van der Waals surface area contributed by atoms with Crippen LogP contribution in [0, 0.1) is 15.9 Å². The molecule has 0 aliphatic carbocycles. The first kappa shape index (κ1) is 24.6. The van der Waals surface area contributed by atoms with Crippen LogP contribution in [0.15, 0.2) is 41.3 Å². The number of rotatable bonds is 7. The van der Waals surface area contributed by atoms with Crippen molar-refractivity contribution in [2.24, 2.45) is 0 Å². The Hall–Kier alpha value is -3.09. The summed E-state index contributed by atoms with van der Waals surface area (Å²) in [6, 6.07) is 6.37. The summed E-state index contributed by atoms with van der Waals surface area (Å²) in [5, 5.41) is 13.1. The van der Waals surface area contributed by atoms with Gasteiger partial charge in [-0.1, -0.05) is 11.6 Å². The Morgan fingerprint density at radius 3 is 2.52 bits per heavy atom. The molecule has 13 heteroatoms. The lowest BCUT2D eigenvalue weighted by Crippen LogP contribution is -2.30. The van der Waals surface area contributed by atoms with Crippen molar-refractivity contribution in [1.82, 2.24) is 4.31 Å². The third-order valence-corrected chi connectivity index (χ3v) is 7.29. The molecule has 1 aliphatic rings. The summed E-state index contributed by atoms with van der Waals surface area (Å²) in [5.41, 5.74) is -1.03. The van der Waals surface area contributed by atoms with E-state index in [0.29, 0.717) is 13.1 Å². The topological polar surface area (TPSA) is 136 Å². The number of carbonyl (C=O) groups excluding carboxylic acids is 2. The number of amides is 1. The predicted molar refractivity (Wildman–Crippen MR) is 116 cm³/mol. The highest BCUT2D eigenvalue weighted by Gasteiger charge is 2.30. The van der Waals surface area contributed by atoms with Crippen LogP contribution in [0.3, 0.4) is 0 Å². The van der Waals surface area contributed by atoms with Gasteiger partial charge in [0.05, 0.1) is 15.5 Å². The maximum atomic E-state index is 13.4. The Morgan fingerprint density at radius 1 is 1.21 bits per heavy atom. The molecule has 10 nitrogen and oxygen atoms in total. The summed E-state index contributed by atoms with van der Waals surface area (Å²) in [6.07, 6.45) is 0.0983. The lowest BCUT2D eigenvalue weighted by molar-refractivity contribution is -0.387. The number of nitrogens with zero attached hydrogens (tertiary/aromatic N) is 2. The second kappa shape index (κ2) is 9.81. The van der Waals surface area contributed by atoms with Gasteiger partial charge in [0.15, 0.2) is 6.10 Å². The Morgan fingerprint density at radius 2 is 1.88 bits per heavy atom. The Balaban J connectivity index is 1.72. The minimum absolute atomic E-state index is 0.0536. The minimum atomic E-state index is -3.90. The number of nitrogens with one attached hydrogen (secondary N) is 1. The number of nitro benzene ring substituents is 1. The second-order valence-electron chi connectivity index (χ2n) is 7.22. The number of sulfonamides is 1. The predicted octanol–water partition coefficient (Wildman–Crippen LogP) is 3.36. The van der Waals surface area contributed by atoms with Crippen LogP contribution in [0.1, 0.15) is 30.1 Å². The van der Waals surface area contributed by atoms with Crippen LogP contribution in [0.2, 0.25) is 5.02 Å². The van der Waals surface area contributed by atoms with Gasteiger partial charge in [-0.3, -0.25) is 14.9 Å². The van der Waals surface area contributed by atoms with Crippen molar-refractivity contribution in [2.45, 2.75) is 30.8 Å². The molecule has 1 amide bonds. The molecule has 0 bridgehead atoms. The van der Waals surface area contributed by atoms with E-state index >= 15 is 0 Å². The van der Waals surface area contributed by atoms with Crippen molar-refractivity contribution in [2.75, 3.05) is 18.4 Å². The van der Waals surface area contributed by atoms with Gasteiger partial charge in [-0.05, 0) is 50.1 Å². The summed E-state index contributed by atoms with van der Waals surface area (Å²) in [5.74, 6) is -2.87. The van der Waals surface area contributed by atoms with E-state index < -0.39 is 44.4 Å². The zero-order chi connectivity index (χ0) is 24.3. The van der Waals surface area contributed by atoms with Crippen molar-refractivity contribution < 1.29 is 32.1 Å². The van der Waals surface area contributed by atoms with Gasteiger partial charge in [-0.25, -0.2) is 13.2 Å². The van der Waals surface area contributed by atoms with Crippen molar-refractivity contribution in [1.29, 1.82) is 0 Å². The van der Waals surface area contributed by atoms with Gasteiger partial charge < -0.3 is 10.1 Å². The standard InChI is InChI=1S/C20H19ClFN3O7S/c1-12(19(26)23-14-5-7-16(22)17(11-14)25(28)29)32-20(27)13-4-6-15(21)18(10-13)33(30,31)24-8-2-3-9-24/h4-7,10-12H,2-3,8-9H2,1H3,(H,23,26). The first-order valence-electron chi connectivity index (χ1n) is 9.76. The minimum Gasteiger partial charge on any atom is -0.449 e. The molecular weight excluding hydrogens is 481 g/mol. The van der Waals surface area contributed by atoms with E-state index in [-0.39, 0.29) is 21.2 Å². The van der Waals surface area contributed by atoms with E-state index in [4.69, 9.17) is 16.3 Å². The Kier molecular flexibility index (Phi) is 7.30. The number of halogens is 2. The first-order chi connectivity index (χ1) is 15.5. The van der Waals surface area contributed by atoms with E-state index in [0.717, 1.165) is 37.1 Å². The van der Waals surface area contributed by atoms with Crippen LogP contribution >= 0.6 is 11.6 Å². The zero-order valence-electron chi connectivity index (χ0n) is 17.3. The van der Waals surface area contributed by atoms with Crippen molar-refractivity contribution in [3.8, 4) is 0 Å². The maximum absolute atomic E-state index is 13.4. The van der Waals surface area contributed by atoms with Gasteiger partial charge in [0.1, 0.15) is 4.90 Å². The van der Waals surface area contributed by atoms with Gasteiger partial charge in [-0.2, -0.15) is 8.70 Å². The van der Waals surface area contributed by atoms with Gasteiger partial charge in [0.25, 0.3) is 5.91 Å². The molecule has 1 saturated heterocycles. The molecule has 0 aromatic heterocycles. The molecular formula is C20H19ClFN3O7S. The molecule has 3 rings (SSSR count). The normalized spacial score (nSPS) is 15.1. The quantitative estimate of drug-likeness (QED) is 0.350. The number of benzene rings is 2. The summed E-state index contributed by atoms with van der Waals surface area (Å²) >= 11 is 6.06. The fourth-order valence-electron chi connectivity index (χ4n) is 3.15. The summed E-state index contributed by atoms with van der Waals surface area (Å²) in [7, 11) is -3.90. The van der Waals surface area contributed by atoms with E-state index in [2.05, 4.69) is 5.32 Å². The number of anilines is 1. The van der Waals surface area contributed by atoms with E-state index in [1.807, 2.05) is 0 Å². The zero-order valence-corrected chi connectivity index (χ0v) is 18.9. The lowest BCUT2D eigenvalue weighted by atomic mass is 10.2. The highest BCUT2D eigenvalue weighted by Crippen LogP contribution is 2.28. The van der Waals surface area contributed by atoms with Crippen LogP contribution in [0.5, 0.6) is 0 Å². The Labute approximate surface area is 193 Å². The van der Waals surface area contributed by atoms with Gasteiger partial charge in [0, 0.05) is 24.8 Å². The van der Waals surface area contributed by atoms with E-state index in [1.54, 1.807) is 0 Å². The average Bonchev–Trinajstić information content (AvgIpc) is 3.30. The van der Waals surface area contributed by atoms with Gasteiger partial charge in [0.2, 0.25) is 15.8 Å². The van der Waals surface area contributed by atoms with Crippen LogP contribution in [0.25, 0.3) is 0 Å². The smallest absolute Gasteiger partial charge is 0.338 e. The number of carbonyl (C=O) groups is 2. The molecule has 0 saturated carbocycles. The monoisotopic (exact) mass is 499 g/mol. The third-order valence-electron chi connectivity index (χ3n) is 4.91. The fourth-order valence-corrected chi connectivity index (χ4v) is 5.17. The average molecular weight is 500 g/mol. The molecule has 0 radical (unpaired) electrons. The molecule has 1 aliphatic heterocycles. The highest BCUT2D eigenvalue weighted by molar-refractivity contribution is 7.89. The number of esters is 1. The van der Waals surface area contributed by atoms with Crippen LogP contribution in [0.4, 0.5) is 15.8 Å². The van der Waals surface area contributed by atoms with Crippen molar-refractivity contribution in [3.63, 3.8) is 0 Å². The molecule has 1 heterocycles. The van der Waals surface area contributed by atoms with Crippen LogP contribution in [-0.2, 0) is 19.6 Å². The molecule has 1 unspecified atom stereocenters. The van der Waals surface area contributed by atoms with Crippen molar-refractivity contribution >= 4 is 44.9 Å². The number of nitro groups is 1. The van der Waals surface area contributed by atoms with Crippen LogP contribution in [-0.4, -0.2) is 48.7 Å². The summed E-state index contributed by atoms with van der Waals surface area (Å²) in [6.45, 7) is 1.96. The maximum Gasteiger partial charge on any atom is 0.338 e.